The molecule has 21 heavy (non-hydrogen) atoms. The van der Waals surface area contributed by atoms with Gasteiger partial charge in [0.1, 0.15) is 12.4 Å². The summed E-state index contributed by atoms with van der Waals surface area (Å²) in [7, 11) is 0. The second-order valence-electron chi connectivity index (χ2n) is 5.97. The summed E-state index contributed by atoms with van der Waals surface area (Å²) in [6.45, 7) is 9.09. The number of amides is 2. The summed E-state index contributed by atoms with van der Waals surface area (Å²) in [5, 5.41) is 2.94. The van der Waals surface area contributed by atoms with Gasteiger partial charge in [-0.1, -0.05) is 19.1 Å². The van der Waals surface area contributed by atoms with Crippen LogP contribution in [0.1, 0.15) is 30.9 Å². The molecule has 1 aromatic carbocycles. The van der Waals surface area contributed by atoms with E-state index >= 15 is 0 Å². The number of carbonyl (C=O) groups excluding carboxylic acids is 1. The molecule has 1 atom stereocenters. The van der Waals surface area contributed by atoms with Gasteiger partial charge in [-0.15, -0.1) is 0 Å². The van der Waals surface area contributed by atoms with Crippen molar-refractivity contribution in [3.63, 3.8) is 0 Å². The molecule has 1 unspecified atom stereocenters. The van der Waals surface area contributed by atoms with Crippen LogP contribution < -0.4 is 10.1 Å². The molecule has 0 saturated carbocycles. The second-order valence-corrected chi connectivity index (χ2v) is 5.97. The average Bonchev–Trinajstić information content (AvgIpc) is 2.47. The fourth-order valence-electron chi connectivity index (χ4n) is 2.69. The molecule has 2 rings (SSSR count). The van der Waals surface area contributed by atoms with E-state index in [4.69, 9.17) is 4.74 Å². The molecule has 1 aromatic rings. The monoisotopic (exact) mass is 290 g/mol. The van der Waals surface area contributed by atoms with Gasteiger partial charge in [0.15, 0.2) is 0 Å². The fraction of sp³-hybridized carbons (Fsp3) is 0.588. The minimum absolute atomic E-state index is 0.0334. The molecule has 4 nitrogen and oxygen atoms in total. The van der Waals surface area contributed by atoms with Crippen molar-refractivity contribution in [1.29, 1.82) is 0 Å². The highest BCUT2D eigenvalue weighted by atomic mass is 16.5. The number of ether oxygens (including phenoxy) is 1. The highest BCUT2D eigenvalue weighted by molar-refractivity contribution is 5.74. The van der Waals surface area contributed by atoms with Crippen molar-refractivity contribution in [2.75, 3.05) is 26.2 Å². The molecule has 2 amide bonds. The molecule has 0 spiro atoms. The average molecular weight is 290 g/mol. The van der Waals surface area contributed by atoms with E-state index in [2.05, 4.69) is 32.2 Å². The molecule has 1 N–H and O–H groups in total. The minimum Gasteiger partial charge on any atom is -0.491 e. The Hall–Kier alpha value is -1.71. The number of hydrogen-bond donors (Lipinski definition) is 1. The number of urea groups is 1. The van der Waals surface area contributed by atoms with Crippen LogP contribution in [0.5, 0.6) is 5.75 Å². The lowest BCUT2D eigenvalue weighted by atomic mass is 10.0. The molecule has 1 heterocycles. The van der Waals surface area contributed by atoms with Crippen molar-refractivity contribution in [1.82, 2.24) is 10.2 Å². The number of hydrogen-bond acceptors (Lipinski definition) is 2. The van der Waals surface area contributed by atoms with Crippen LogP contribution in [-0.4, -0.2) is 37.2 Å². The lowest BCUT2D eigenvalue weighted by Crippen LogP contribution is -2.45. The summed E-state index contributed by atoms with van der Waals surface area (Å²) in [6, 6.07) is 6.06. The third-order valence-corrected chi connectivity index (χ3v) is 4.14. The van der Waals surface area contributed by atoms with Crippen LogP contribution in [0.2, 0.25) is 0 Å². The third kappa shape index (κ3) is 4.38. The number of nitrogens with one attached hydrogen (secondary N) is 1. The number of benzene rings is 1. The van der Waals surface area contributed by atoms with E-state index in [9.17, 15) is 4.79 Å². The molecule has 0 bridgehead atoms. The number of carbonyl (C=O) groups is 1. The predicted octanol–water partition coefficient (Wildman–Crippen LogP) is 3.12. The van der Waals surface area contributed by atoms with Gasteiger partial charge in [-0.05, 0) is 49.8 Å². The Morgan fingerprint density at radius 3 is 3.00 bits per heavy atom. The van der Waals surface area contributed by atoms with Gasteiger partial charge in [0.25, 0.3) is 0 Å². The van der Waals surface area contributed by atoms with Crippen molar-refractivity contribution >= 4 is 6.03 Å². The summed E-state index contributed by atoms with van der Waals surface area (Å²) < 4.78 is 5.74. The van der Waals surface area contributed by atoms with E-state index in [1.54, 1.807) is 0 Å². The Morgan fingerprint density at radius 2 is 2.24 bits per heavy atom. The SMILES string of the molecule is Cc1cccc(OCCNC(=O)N2CCCC(C)C2)c1C. The standard InChI is InChI=1S/C17H26N2O2/c1-13-6-5-10-19(12-13)17(20)18-9-11-21-16-8-4-7-14(2)15(16)3/h4,7-8,13H,5-6,9-12H2,1-3H3,(H,18,20). The molecule has 1 aliphatic heterocycles. The zero-order valence-electron chi connectivity index (χ0n) is 13.3. The molecule has 0 aliphatic carbocycles. The van der Waals surface area contributed by atoms with Gasteiger partial charge >= 0.3 is 6.03 Å². The molecule has 1 saturated heterocycles. The molecule has 1 fully saturated rings. The summed E-state index contributed by atoms with van der Waals surface area (Å²) in [5.74, 6) is 1.51. The highest BCUT2D eigenvalue weighted by Crippen LogP contribution is 2.20. The van der Waals surface area contributed by atoms with Crippen molar-refractivity contribution < 1.29 is 9.53 Å². The van der Waals surface area contributed by atoms with E-state index in [1.165, 1.54) is 12.0 Å². The highest BCUT2D eigenvalue weighted by Gasteiger charge is 2.20. The Labute approximate surface area is 127 Å². The predicted molar refractivity (Wildman–Crippen MR) is 84.8 cm³/mol. The Balaban J connectivity index is 1.72. The van der Waals surface area contributed by atoms with Crippen molar-refractivity contribution in [3.8, 4) is 5.75 Å². The number of likely N-dealkylation sites (tertiary alicyclic amines) is 1. The van der Waals surface area contributed by atoms with E-state index in [0.717, 1.165) is 30.8 Å². The van der Waals surface area contributed by atoms with Crippen LogP contribution >= 0.6 is 0 Å². The Kier molecular flexibility index (Phi) is 5.48. The first-order chi connectivity index (χ1) is 10.1. The van der Waals surface area contributed by atoms with Crippen LogP contribution in [0.15, 0.2) is 18.2 Å². The zero-order chi connectivity index (χ0) is 15.2. The van der Waals surface area contributed by atoms with E-state index in [-0.39, 0.29) is 6.03 Å². The maximum atomic E-state index is 12.0. The molecule has 0 radical (unpaired) electrons. The summed E-state index contributed by atoms with van der Waals surface area (Å²) >= 11 is 0. The Bertz CT molecular complexity index is 488. The van der Waals surface area contributed by atoms with E-state index in [1.807, 2.05) is 17.0 Å². The van der Waals surface area contributed by atoms with Crippen LogP contribution in [0.4, 0.5) is 4.79 Å². The molecule has 116 valence electrons. The van der Waals surface area contributed by atoms with Crippen molar-refractivity contribution in [3.05, 3.63) is 29.3 Å². The number of rotatable bonds is 4. The first-order valence-corrected chi connectivity index (χ1v) is 7.79. The van der Waals surface area contributed by atoms with E-state index in [0.29, 0.717) is 19.1 Å². The topological polar surface area (TPSA) is 41.6 Å². The third-order valence-electron chi connectivity index (χ3n) is 4.14. The van der Waals surface area contributed by atoms with Gasteiger partial charge in [0.05, 0.1) is 6.54 Å². The maximum Gasteiger partial charge on any atom is 0.317 e. The summed E-state index contributed by atoms with van der Waals surface area (Å²) in [5.41, 5.74) is 2.38. The van der Waals surface area contributed by atoms with Crippen LogP contribution in [0, 0.1) is 19.8 Å². The second kappa shape index (κ2) is 7.34. The minimum atomic E-state index is 0.0334. The first-order valence-electron chi connectivity index (χ1n) is 7.79. The maximum absolute atomic E-state index is 12.0. The van der Waals surface area contributed by atoms with Gasteiger partial charge in [0.2, 0.25) is 0 Å². The molecular formula is C17H26N2O2. The van der Waals surface area contributed by atoms with Crippen molar-refractivity contribution in [2.24, 2.45) is 5.92 Å². The fourth-order valence-corrected chi connectivity index (χ4v) is 2.69. The lowest BCUT2D eigenvalue weighted by Gasteiger charge is -2.30. The largest absolute Gasteiger partial charge is 0.491 e. The van der Waals surface area contributed by atoms with Gasteiger partial charge < -0.3 is 15.0 Å². The lowest BCUT2D eigenvalue weighted by molar-refractivity contribution is 0.167. The smallest absolute Gasteiger partial charge is 0.317 e. The van der Waals surface area contributed by atoms with E-state index < -0.39 is 0 Å². The van der Waals surface area contributed by atoms with Gasteiger partial charge in [-0.3, -0.25) is 0 Å². The molecule has 4 heteroatoms. The van der Waals surface area contributed by atoms with Crippen LogP contribution in [-0.2, 0) is 0 Å². The summed E-state index contributed by atoms with van der Waals surface area (Å²) in [6.07, 6.45) is 2.33. The molecule has 1 aliphatic rings. The number of nitrogens with zero attached hydrogens (tertiary/aromatic N) is 1. The number of piperidine rings is 1. The Morgan fingerprint density at radius 1 is 1.43 bits per heavy atom. The normalized spacial score (nSPS) is 18.4. The van der Waals surface area contributed by atoms with Crippen LogP contribution in [0.3, 0.4) is 0 Å². The molecule has 0 aromatic heterocycles. The summed E-state index contributed by atoms with van der Waals surface area (Å²) in [4.78, 5) is 13.9. The van der Waals surface area contributed by atoms with Gasteiger partial charge in [-0.2, -0.15) is 0 Å². The quantitative estimate of drug-likeness (QED) is 0.866. The number of aryl methyl sites for hydroxylation is 1. The van der Waals surface area contributed by atoms with Crippen LogP contribution in [0.25, 0.3) is 0 Å². The van der Waals surface area contributed by atoms with Gasteiger partial charge in [0, 0.05) is 13.1 Å². The first kappa shape index (κ1) is 15.7. The van der Waals surface area contributed by atoms with Crippen molar-refractivity contribution in [2.45, 2.75) is 33.6 Å². The molecular weight excluding hydrogens is 264 g/mol. The van der Waals surface area contributed by atoms with Gasteiger partial charge in [-0.25, -0.2) is 4.79 Å². The zero-order valence-corrected chi connectivity index (χ0v) is 13.3.